The van der Waals surface area contributed by atoms with E-state index in [0.29, 0.717) is 5.75 Å². The third-order valence-corrected chi connectivity index (χ3v) is 6.16. The maximum atomic E-state index is 10.8. The summed E-state index contributed by atoms with van der Waals surface area (Å²) in [5, 5.41) is 8.87. The molecule has 0 amide bonds. The van der Waals surface area contributed by atoms with Crippen molar-refractivity contribution in [3.63, 3.8) is 0 Å². The zero-order valence-corrected chi connectivity index (χ0v) is 15.6. The summed E-state index contributed by atoms with van der Waals surface area (Å²) in [5.74, 6) is -0.318. The van der Waals surface area contributed by atoms with E-state index in [1.807, 2.05) is 26.0 Å². The predicted octanol–water partition coefficient (Wildman–Crippen LogP) is 4.86. The van der Waals surface area contributed by atoms with Gasteiger partial charge in [-0.25, -0.2) is 4.79 Å². The van der Waals surface area contributed by atoms with E-state index < -0.39 is 5.97 Å². The van der Waals surface area contributed by atoms with Crippen molar-refractivity contribution in [2.75, 3.05) is 6.61 Å². The van der Waals surface area contributed by atoms with Gasteiger partial charge in [0.1, 0.15) is 5.75 Å². The van der Waals surface area contributed by atoms with E-state index in [1.54, 1.807) is 0 Å². The predicted molar refractivity (Wildman–Crippen MR) is 104 cm³/mol. The molecule has 0 aliphatic heterocycles. The first-order chi connectivity index (χ1) is 12.6. The van der Waals surface area contributed by atoms with Gasteiger partial charge in [-0.3, -0.25) is 0 Å². The van der Waals surface area contributed by atoms with Crippen LogP contribution in [0.3, 0.4) is 0 Å². The number of rotatable bonds is 6. The van der Waals surface area contributed by atoms with Crippen molar-refractivity contribution >= 4 is 16.9 Å². The van der Waals surface area contributed by atoms with Gasteiger partial charge in [-0.1, -0.05) is 36.4 Å². The molecule has 3 aromatic rings. The van der Waals surface area contributed by atoms with Gasteiger partial charge >= 0.3 is 5.97 Å². The summed E-state index contributed by atoms with van der Waals surface area (Å²) in [5.41, 5.74) is 1.90. The van der Waals surface area contributed by atoms with Crippen LogP contribution in [-0.4, -0.2) is 17.7 Å². The number of aliphatic carboxylic acids is 1. The van der Waals surface area contributed by atoms with Crippen molar-refractivity contribution in [3.05, 3.63) is 83.9 Å². The molecule has 3 nitrogen and oxygen atoms in total. The molecule has 0 saturated heterocycles. The Labute approximate surface area is 156 Å². The molecule has 0 aromatic heterocycles. The average molecular weight is 365 g/mol. The molecule has 0 atom stereocenters. The summed E-state index contributed by atoms with van der Waals surface area (Å²) in [4.78, 5) is 14.5. The van der Waals surface area contributed by atoms with E-state index in [9.17, 15) is 4.79 Å². The second-order valence-corrected chi connectivity index (χ2v) is 8.03. The summed E-state index contributed by atoms with van der Waals surface area (Å²) in [6, 6.07) is 25.1. The molecule has 3 aromatic carbocycles. The molecule has 0 unspecified atom stereocenters. The number of carboxylic acid groups (broad SMARTS) is 1. The Kier molecular flexibility index (Phi) is 5.64. The lowest BCUT2D eigenvalue weighted by Gasteiger charge is -2.14. The van der Waals surface area contributed by atoms with Crippen LogP contribution < -0.4 is 4.74 Å². The van der Waals surface area contributed by atoms with Crippen molar-refractivity contribution in [1.29, 1.82) is 0 Å². The minimum Gasteiger partial charge on any atom is -0.481 e. The summed E-state index contributed by atoms with van der Waals surface area (Å²) in [6.45, 7) is 3.60. The molecule has 26 heavy (non-hydrogen) atoms. The molecule has 0 aliphatic carbocycles. The van der Waals surface area contributed by atoms with Crippen LogP contribution in [0.15, 0.2) is 87.5 Å². The highest BCUT2D eigenvalue weighted by Gasteiger charge is 2.29. The molecule has 0 radical (unpaired) electrons. The van der Waals surface area contributed by atoms with Gasteiger partial charge in [0.2, 0.25) is 0 Å². The van der Waals surface area contributed by atoms with E-state index in [1.165, 1.54) is 14.7 Å². The molecule has 0 saturated carbocycles. The van der Waals surface area contributed by atoms with Gasteiger partial charge in [-0.15, -0.1) is 0 Å². The molecule has 0 spiro atoms. The second kappa shape index (κ2) is 8.11. The van der Waals surface area contributed by atoms with Gasteiger partial charge in [-0.05, 0) is 49.2 Å². The highest BCUT2D eigenvalue weighted by Crippen LogP contribution is 2.35. The summed E-state index contributed by atoms with van der Waals surface area (Å²) in [7, 11) is -0.228. The highest BCUT2D eigenvalue weighted by atomic mass is 32.2. The Bertz CT molecular complexity index is 829. The Morgan fingerprint density at radius 1 is 0.846 bits per heavy atom. The van der Waals surface area contributed by atoms with Crippen LogP contribution in [0.1, 0.15) is 11.1 Å². The van der Waals surface area contributed by atoms with Crippen LogP contribution >= 0.6 is 0 Å². The molecule has 0 aliphatic rings. The monoisotopic (exact) mass is 365 g/mol. The topological polar surface area (TPSA) is 46.5 Å². The van der Waals surface area contributed by atoms with Crippen LogP contribution in [0.2, 0.25) is 0 Å². The fraction of sp³-hybridized carbons (Fsp3) is 0.136. The number of hydrogen-bond donors (Lipinski definition) is 1. The first-order valence-corrected chi connectivity index (χ1v) is 9.59. The molecular formula is C22H21O3S+. The quantitative estimate of drug-likeness (QED) is 0.635. The SMILES string of the molecule is Cc1cc([S+](c2ccccc2)c2ccccc2)cc(C)c1OCC(=O)O. The zero-order chi connectivity index (χ0) is 18.5. The third-order valence-electron chi connectivity index (χ3n) is 3.97. The van der Waals surface area contributed by atoms with E-state index >= 15 is 0 Å². The molecule has 0 fully saturated rings. The Balaban J connectivity index is 2.06. The highest BCUT2D eigenvalue weighted by molar-refractivity contribution is 7.97. The number of carbonyl (C=O) groups is 1. The second-order valence-electron chi connectivity index (χ2n) is 6.00. The number of carboxylic acids is 1. The van der Waals surface area contributed by atoms with Gasteiger partial charge in [0, 0.05) is 12.1 Å². The summed E-state index contributed by atoms with van der Waals surface area (Å²) >= 11 is 0. The van der Waals surface area contributed by atoms with Crippen molar-refractivity contribution < 1.29 is 14.6 Å². The molecule has 1 N–H and O–H groups in total. The Morgan fingerprint density at radius 3 is 1.73 bits per heavy atom. The molecule has 4 heteroatoms. The molecule has 0 bridgehead atoms. The fourth-order valence-corrected chi connectivity index (χ4v) is 5.18. The smallest absolute Gasteiger partial charge is 0.341 e. The van der Waals surface area contributed by atoms with Gasteiger partial charge < -0.3 is 9.84 Å². The van der Waals surface area contributed by atoms with E-state index in [0.717, 1.165) is 11.1 Å². The third kappa shape index (κ3) is 4.09. The number of ether oxygens (including phenoxy) is 1. The van der Waals surface area contributed by atoms with Crippen molar-refractivity contribution in [2.45, 2.75) is 28.5 Å². The maximum Gasteiger partial charge on any atom is 0.341 e. The molecule has 3 rings (SSSR count). The number of benzene rings is 3. The molecular weight excluding hydrogens is 344 g/mol. The summed E-state index contributed by atoms with van der Waals surface area (Å²) in [6.07, 6.45) is 0. The van der Waals surface area contributed by atoms with Crippen LogP contribution in [0.5, 0.6) is 5.75 Å². The Hall–Kier alpha value is -2.72. The number of aryl methyl sites for hydroxylation is 2. The zero-order valence-electron chi connectivity index (χ0n) is 14.8. The van der Waals surface area contributed by atoms with Gasteiger partial charge in [-0.2, -0.15) is 0 Å². The van der Waals surface area contributed by atoms with Crippen LogP contribution in [0, 0.1) is 13.8 Å². The van der Waals surface area contributed by atoms with E-state index in [2.05, 4.69) is 60.7 Å². The first kappa shape index (κ1) is 18.1. The fourth-order valence-electron chi connectivity index (χ4n) is 2.91. The minimum absolute atomic E-state index is 0.228. The van der Waals surface area contributed by atoms with E-state index in [-0.39, 0.29) is 17.5 Å². The molecule has 132 valence electrons. The molecule has 0 heterocycles. The van der Waals surface area contributed by atoms with Crippen LogP contribution in [0.4, 0.5) is 0 Å². The first-order valence-electron chi connectivity index (χ1n) is 8.36. The Morgan fingerprint density at radius 2 is 1.31 bits per heavy atom. The van der Waals surface area contributed by atoms with E-state index in [4.69, 9.17) is 9.84 Å². The largest absolute Gasteiger partial charge is 0.481 e. The van der Waals surface area contributed by atoms with Crippen LogP contribution in [-0.2, 0) is 15.7 Å². The normalized spacial score (nSPS) is 10.7. The average Bonchev–Trinajstić information content (AvgIpc) is 2.63. The lowest BCUT2D eigenvalue weighted by Crippen LogP contribution is -2.12. The minimum atomic E-state index is -0.971. The standard InChI is InChI=1S/C22H20O3S/c1-16-13-20(14-17(2)22(16)25-15-21(23)24)26(18-9-5-3-6-10-18)19-11-7-4-8-12-19/h3-14H,15H2,1-2H3/p+1. The van der Waals surface area contributed by atoms with Crippen molar-refractivity contribution in [2.24, 2.45) is 0 Å². The van der Waals surface area contributed by atoms with Gasteiger partial charge in [0.25, 0.3) is 0 Å². The summed E-state index contributed by atoms with van der Waals surface area (Å²) < 4.78 is 5.48. The maximum absolute atomic E-state index is 10.8. The lowest BCUT2D eigenvalue weighted by molar-refractivity contribution is -0.139. The van der Waals surface area contributed by atoms with Crippen molar-refractivity contribution in [3.8, 4) is 5.75 Å². The number of hydrogen-bond acceptors (Lipinski definition) is 2. The van der Waals surface area contributed by atoms with Gasteiger partial charge in [0.05, 0.1) is 10.9 Å². The van der Waals surface area contributed by atoms with Crippen LogP contribution in [0.25, 0.3) is 0 Å². The van der Waals surface area contributed by atoms with Crippen molar-refractivity contribution in [1.82, 2.24) is 0 Å². The lowest BCUT2D eigenvalue weighted by atomic mass is 10.1. The van der Waals surface area contributed by atoms with Gasteiger partial charge in [0.15, 0.2) is 21.3 Å².